The van der Waals surface area contributed by atoms with Crippen LogP contribution in [0.3, 0.4) is 0 Å². The van der Waals surface area contributed by atoms with Gasteiger partial charge in [-0.3, -0.25) is 0 Å². The summed E-state index contributed by atoms with van der Waals surface area (Å²) in [5.74, 6) is 0. The standard InChI is InChI=1S/C18H10N4S2/c1-3-7-11(8-4-1)13-15-17(23-21-13)20-16-14(22-24-18(16)19-15)12-9-5-2-6-10-12/h1-10H. The van der Waals surface area contributed by atoms with Gasteiger partial charge in [0.05, 0.1) is 0 Å². The number of benzene rings is 2. The SMILES string of the molecule is c1ccc(-c2nsc3nc4c(-c5ccccc5)nsc4nc23)cc1. The minimum absolute atomic E-state index is 0.846. The lowest BCUT2D eigenvalue weighted by atomic mass is 10.1. The van der Waals surface area contributed by atoms with Gasteiger partial charge in [0.15, 0.2) is 9.66 Å². The fraction of sp³-hybridized carbons (Fsp3) is 0. The Morgan fingerprint density at radius 2 is 0.958 bits per heavy atom. The average molecular weight is 346 g/mol. The van der Waals surface area contributed by atoms with Crippen molar-refractivity contribution < 1.29 is 0 Å². The van der Waals surface area contributed by atoms with E-state index >= 15 is 0 Å². The normalized spacial score (nSPS) is 11.3. The quantitative estimate of drug-likeness (QED) is 0.450. The number of nitrogens with zero attached hydrogens (tertiary/aromatic N) is 4. The smallest absolute Gasteiger partial charge is 0.163 e. The zero-order valence-electron chi connectivity index (χ0n) is 12.4. The maximum absolute atomic E-state index is 4.80. The molecule has 0 atom stereocenters. The summed E-state index contributed by atoms with van der Waals surface area (Å²) >= 11 is 2.77. The average Bonchev–Trinajstić information content (AvgIpc) is 3.25. The van der Waals surface area contributed by atoms with E-state index in [9.17, 15) is 0 Å². The van der Waals surface area contributed by atoms with Gasteiger partial charge in [-0.05, 0) is 23.1 Å². The van der Waals surface area contributed by atoms with Crippen molar-refractivity contribution in [2.75, 3.05) is 0 Å². The number of hydrogen-bond acceptors (Lipinski definition) is 6. The van der Waals surface area contributed by atoms with Crippen LogP contribution in [0.2, 0.25) is 0 Å². The van der Waals surface area contributed by atoms with Gasteiger partial charge < -0.3 is 0 Å². The molecule has 0 aliphatic carbocycles. The van der Waals surface area contributed by atoms with Crippen LogP contribution in [0.25, 0.3) is 43.2 Å². The van der Waals surface area contributed by atoms with Crippen molar-refractivity contribution in [2.24, 2.45) is 0 Å². The van der Waals surface area contributed by atoms with E-state index in [2.05, 4.69) is 8.75 Å². The highest BCUT2D eigenvalue weighted by Gasteiger charge is 2.17. The zero-order valence-corrected chi connectivity index (χ0v) is 14.0. The van der Waals surface area contributed by atoms with Gasteiger partial charge in [-0.25, -0.2) is 9.97 Å². The molecule has 0 fully saturated rings. The molecule has 0 saturated heterocycles. The molecule has 3 heterocycles. The molecule has 0 aliphatic heterocycles. The molecule has 5 rings (SSSR count). The van der Waals surface area contributed by atoms with E-state index in [0.717, 1.165) is 43.2 Å². The molecule has 3 aromatic heterocycles. The minimum Gasteiger partial charge on any atom is -0.229 e. The van der Waals surface area contributed by atoms with Crippen LogP contribution in [0.1, 0.15) is 0 Å². The van der Waals surface area contributed by atoms with E-state index < -0.39 is 0 Å². The van der Waals surface area contributed by atoms with Gasteiger partial charge in [0, 0.05) is 11.1 Å². The predicted molar refractivity (Wildman–Crippen MR) is 99.3 cm³/mol. The fourth-order valence-electron chi connectivity index (χ4n) is 2.68. The van der Waals surface area contributed by atoms with Gasteiger partial charge in [-0.2, -0.15) is 8.75 Å². The molecule has 114 valence electrons. The lowest BCUT2D eigenvalue weighted by molar-refractivity contribution is 1.43. The number of rotatable bonds is 2. The molecule has 0 spiro atoms. The maximum Gasteiger partial charge on any atom is 0.163 e. The van der Waals surface area contributed by atoms with Gasteiger partial charge in [0.25, 0.3) is 0 Å². The molecule has 0 amide bonds. The largest absolute Gasteiger partial charge is 0.229 e. The van der Waals surface area contributed by atoms with Crippen molar-refractivity contribution in [1.82, 2.24) is 18.7 Å². The van der Waals surface area contributed by atoms with Crippen molar-refractivity contribution in [3.8, 4) is 22.5 Å². The third kappa shape index (κ3) is 2.11. The number of aromatic nitrogens is 4. The first kappa shape index (κ1) is 13.7. The van der Waals surface area contributed by atoms with Gasteiger partial charge in [-0.15, -0.1) is 0 Å². The molecule has 0 bridgehead atoms. The summed E-state index contributed by atoms with van der Waals surface area (Å²) in [7, 11) is 0. The summed E-state index contributed by atoms with van der Waals surface area (Å²) in [6.45, 7) is 0. The Morgan fingerprint density at radius 3 is 1.38 bits per heavy atom. The van der Waals surface area contributed by atoms with Crippen molar-refractivity contribution in [3.63, 3.8) is 0 Å². The second-order valence-electron chi connectivity index (χ2n) is 5.33. The number of fused-ring (bicyclic) bond motifs is 2. The van der Waals surface area contributed by atoms with Crippen LogP contribution in [0.4, 0.5) is 0 Å². The first-order valence-corrected chi connectivity index (χ1v) is 8.98. The Morgan fingerprint density at radius 1 is 0.542 bits per heavy atom. The minimum atomic E-state index is 0.846. The molecule has 0 saturated carbocycles. The van der Waals surface area contributed by atoms with Crippen molar-refractivity contribution in [3.05, 3.63) is 60.7 Å². The van der Waals surface area contributed by atoms with Crippen LogP contribution in [0.5, 0.6) is 0 Å². The highest BCUT2D eigenvalue weighted by Crippen LogP contribution is 2.34. The summed E-state index contributed by atoms with van der Waals surface area (Å²) in [5, 5.41) is 0. The molecule has 0 unspecified atom stereocenters. The van der Waals surface area contributed by atoms with Gasteiger partial charge in [-0.1, -0.05) is 60.7 Å². The Bertz CT molecular complexity index is 1050. The van der Waals surface area contributed by atoms with Crippen LogP contribution in [0, 0.1) is 0 Å². The van der Waals surface area contributed by atoms with Gasteiger partial charge >= 0.3 is 0 Å². The van der Waals surface area contributed by atoms with Gasteiger partial charge in [0.1, 0.15) is 22.4 Å². The maximum atomic E-state index is 4.80. The van der Waals surface area contributed by atoms with E-state index in [1.807, 2.05) is 60.7 Å². The lowest BCUT2D eigenvalue weighted by Gasteiger charge is -1.98. The van der Waals surface area contributed by atoms with Crippen LogP contribution in [-0.4, -0.2) is 18.7 Å². The zero-order chi connectivity index (χ0) is 15.9. The molecule has 6 heteroatoms. The molecular weight excluding hydrogens is 336 g/mol. The second kappa shape index (κ2) is 5.43. The third-order valence-electron chi connectivity index (χ3n) is 3.82. The van der Waals surface area contributed by atoms with E-state index in [1.165, 1.54) is 23.1 Å². The molecule has 4 nitrogen and oxygen atoms in total. The van der Waals surface area contributed by atoms with E-state index in [-0.39, 0.29) is 0 Å². The summed E-state index contributed by atoms with van der Waals surface area (Å²) in [6.07, 6.45) is 0. The summed E-state index contributed by atoms with van der Waals surface area (Å²) in [4.78, 5) is 11.3. The summed E-state index contributed by atoms with van der Waals surface area (Å²) in [6, 6.07) is 20.2. The first-order chi connectivity index (χ1) is 11.9. The van der Waals surface area contributed by atoms with Crippen LogP contribution < -0.4 is 0 Å². The molecule has 24 heavy (non-hydrogen) atoms. The first-order valence-electron chi connectivity index (χ1n) is 7.44. The Balaban J connectivity index is 1.75. The van der Waals surface area contributed by atoms with E-state index in [0.29, 0.717) is 0 Å². The van der Waals surface area contributed by atoms with E-state index in [4.69, 9.17) is 9.97 Å². The molecule has 0 aliphatic rings. The third-order valence-corrected chi connectivity index (χ3v) is 5.28. The van der Waals surface area contributed by atoms with Crippen molar-refractivity contribution in [2.45, 2.75) is 0 Å². The Kier molecular flexibility index (Phi) is 3.11. The molecular formula is C18H10N4S2. The topological polar surface area (TPSA) is 51.6 Å². The van der Waals surface area contributed by atoms with Crippen molar-refractivity contribution >= 4 is 43.8 Å². The lowest BCUT2D eigenvalue weighted by Crippen LogP contribution is -1.85. The van der Waals surface area contributed by atoms with E-state index in [1.54, 1.807) is 0 Å². The molecule has 0 N–H and O–H groups in total. The molecule has 5 aromatic rings. The van der Waals surface area contributed by atoms with Crippen LogP contribution in [0.15, 0.2) is 60.7 Å². The summed E-state index contributed by atoms with van der Waals surface area (Å²) in [5.41, 5.74) is 5.60. The highest BCUT2D eigenvalue weighted by molar-refractivity contribution is 7.14. The van der Waals surface area contributed by atoms with Crippen molar-refractivity contribution in [1.29, 1.82) is 0 Å². The molecule has 2 aromatic carbocycles. The Hall–Kier alpha value is -2.70. The molecule has 0 radical (unpaired) electrons. The highest BCUT2D eigenvalue weighted by atomic mass is 32.1. The van der Waals surface area contributed by atoms with Crippen LogP contribution >= 0.6 is 23.1 Å². The second-order valence-corrected chi connectivity index (χ2v) is 6.83. The summed E-state index contributed by atoms with van der Waals surface area (Å²) < 4.78 is 9.14. The monoisotopic (exact) mass is 346 g/mol. The Labute approximate surface area is 145 Å². The van der Waals surface area contributed by atoms with Crippen LogP contribution in [-0.2, 0) is 0 Å². The predicted octanol–water partition coefficient (Wildman–Crippen LogP) is 5.03. The fourth-order valence-corrected chi connectivity index (χ4v) is 4.14. The number of hydrogen-bond donors (Lipinski definition) is 0. The van der Waals surface area contributed by atoms with Gasteiger partial charge in [0.2, 0.25) is 0 Å².